The molecule has 2 unspecified atom stereocenters. The first kappa shape index (κ1) is 14.8. The van der Waals surface area contributed by atoms with E-state index in [4.69, 9.17) is 0 Å². The number of rotatable bonds is 5. The van der Waals surface area contributed by atoms with Gasteiger partial charge in [0.2, 0.25) is 0 Å². The van der Waals surface area contributed by atoms with Crippen LogP contribution in [-0.2, 0) is 0 Å². The summed E-state index contributed by atoms with van der Waals surface area (Å²) in [5.41, 5.74) is 1.09. The maximum Gasteiger partial charge on any atom is -0.00142 e. The number of nitrogens with one attached hydrogen (secondary N) is 2. The van der Waals surface area contributed by atoms with Crippen molar-refractivity contribution in [1.82, 2.24) is 10.6 Å². The molecular formula is C18H34N2. The second-order valence-electron chi connectivity index (χ2n) is 9.01. The van der Waals surface area contributed by atoms with Crippen LogP contribution in [0.4, 0.5) is 0 Å². The highest BCUT2D eigenvalue weighted by Gasteiger charge is 2.58. The van der Waals surface area contributed by atoms with Gasteiger partial charge in [-0.05, 0) is 86.4 Å². The van der Waals surface area contributed by atoms with Crippen LogP contribution in [0, 0.1) is 34.5 Å². The summed E-state index contributed by atoms with van der Waals surface area (Å²) in [5, 5.41) is 7.05. The maximum atomic E-state index is 3.54. The molecule has 3 aliphatic rings. The Hall–Kier alpha value is -0.0800. The minimum Gasteiger partial charge on any atom is -0.317 e. The molecule has 2 nitrogen and oxygen atoms in total. The van der Waals surface area contributed by atoms with Crippen LogP contribution in [0.25, 0.3) is 0 Å². The van der Waals surface area contributed by atoms with Gasteiger partial charge >= 0.3 is 0 Å². The maximum absolute atomic E-state index is 3.54. The van der Waals surface area contributed by atoms with Gasteiger partial charge in [-0.3, -0.25) is 0 Å². The van der Waals surface area contributed by atoms with Gasteiger partial charge in [-0.1, -0.05) is 27.7 Å². The van der Waals surface area contributed by atoms with E-state index in [-0.39, 0.29) is 0 Å². The molecule has 1 saturated carbocycles. The molecule has 0 aromatic rings. The smallest absolute Gasteiger partial charge is 0.00142 e. The zero-order valence-electron chi connectivity index (χ0n) is 14.0. The summed E-state index contributed by atoms with van der Waals surface area (Å²) in [5.74, 6) is 3.95. The van der Waals surface area contributed by atoms with Crippen LogP contribution in [0.5, 0.6) is 0 Å². The fraction of sp³-hybridized carbons (Fsp3) is 1.00. The zero-order valence-corrected chi connectivity index (χ0v) is 14.0. The van der Waals surface area contributed by atoms with Crippen LogP contribution in [0.3, 0.4) is 0 Å². The summed E-state index contributed by atoms with van der Waals surface area (Å²) in [6.07, 6.45) is 5.59. The lowest BCUT2D eigenvalue weighted by molar-refractivity contribution is 0.118. The van der Waals surface area contributed by atoms with Gasteiger partial charge in [0.1, 0.15) is 0 Å². The Morgan fingerprint density at radius 1 is 0.800 bits per heavy atom. The molecule has 2 atom stereocenters. The fourth-order valence-corrected chi connectivity index (χ4v) is 5.20. The van der Waals surface area contributed by atoms with Gasteiger partial charge < -0.3 is 10.6 Å². The molecule has 2 saturated heterocycles. The van der Waals surface area contributed by atoms with Crippen molar-refractivity contribution in [1.29, 1.82) is 0 Å². The van der Waals surface area contributed by atoms with E-state index in [0.29, 0.717) is 10.8 Å². The number of hydrogen-bond acceptors (Lipinski definition) is 2. The normalized spacial score (nSPS) is 35.1. The van der Waals surface area contributed by atoms with Crippen molar-refractivity contribution in [3.8, 4) is 0 Å². The van der Waals surface area contributed by atoms with Crippen LogP contribution < -0.4 is 10.6 Å². The Labute approximate surface area is 125 Å². The average Bonchev–Trinajstić information content (AvgIpc) is 2.95. The third-order valence-corrected chi connectivity index (χ3v) is 6.85. The lowest BCUT2D eigenvalue weighted by Gasteiger charge is -2.40. The minimum absolute atomic E-state index is 0.529. The summed E-state index contributed by atoms with van der Waals surface area (Å²) in [6, 6.07) is 0. The van der Waals surface area contributed by atoms with Crippen molar-refractivity contribution in [2.45, 2.75) is 53.4 Å². The van der Waals surface area contributed by atoms with Crippen molar-refractivity contribution >= 4 is 0 Å². The van der Waals surface area contributed by atoms with Crippen molar-refractivity contribution in [3.63, 3.8) is 0 Å². The Bertz CT molecular complexity index is 317. The van der Waals surface area contributed by atoms with Gasteiger partial charge in [-0.2, -0.15) is 0 Å². The van der Waals surface area contributed by atoms with Gasteiger partial charge in [0.05, 0.1) is 0 Å². The summed E-state index contributed by atoms with van der Waals surface area (Å²) in [6.45, 7) is 15.2. The topological polar surface area (TPSA) is 24.1 Å². The number of piperidine rings is 2. The average molecular weight is 278 g/mol. The van der Waals surface area contributed by atoms with Crippen LogP contribution in [0.2, 0.25) is 0 Å². The molecule has 0 spiro atoms. The number of hydrogen-bond donors (Lipinski definition) is 2. The molecule has 0 bridgehead atoms. The van der Waals surface area contributed by atoms with Crippen molar-refractivity contribution in [2.75, 3.05) is 26.2 Å². The minimum atomic E-state index is 0.529. The highest BCUT2D eigenvalue weighted by atomic mass is 15.0. The van der Waals surface area contributed by atoms with E-state index in [1.54, 1.807) is 0 Å². The third-order valence-electron chi connectivity index (χ3n) is 6.85. The standard InChI is InChI=1S/C18H34N2/c1-17(2,13-5-9-19-10-6-13)7-8-18(3,4)16-14-11-20-12-15(14)16/h13-16,19-20H,5-12H2,1-4H3. The summed E-state index contributed by atoms with van der Waals surface area (Å²) < 4.78 is 0. The Kier molecular flexibility index (Phi) is 3.92. The second-order valence-corrected chi connectivity index (χ2v) is 9.01. The van der Waals surface area contributed by atoms with Gasteiger partial charge in [0.25, 0.3) is 0 Å². The van der Waals surface area contributed by atoms with Gasteiger partial charge in [0, 0.05) is 0 Å². The fourth-order valence-electron chi connectivity index (χ4n) is 5.20. The molecule has 3 rings (SSSR count). The monoisotopic (exact) mass is 278 g/mol. The number of fused-ring (bicyclic) bond motifs is 1. The van der Waals surface area contributed by atoms with Crippen molar-refractivity contribution in [3.05, 3.63) is 0 Å². The first-order valence-electron chi connectivity index (χ1n) is 8.83. The lowest BCUT2D eigenvalue weighted by atomic mass is 9.67. The molecule has 20 heavy (non-hydrogen) atoms. The molecule has 0 amide bonds. The summed E-state index contributed by atoms with van der Waals surface area (Å²) in [4.78, 5) is 0. The van der Waals surface area contributed by atoms with Gasteiger partial charge in [-0.15, -0.1) is 0 Å². The second kappa shape index (κ2) is 5.28. The highest BCUT2D eigenvalue weighted by molar-refractivity contribution is 5.09. The largest absolute Gasteiger partial charge is 0.317 e. The first-order chi connectivity index (χ1) is 9.42. The Balaban J connectivity index is 1.52. The molecule has 2 aliphatic heterocycles. The highest BCUT2D eigenvalue weighted by Crippen LogP contribution is 2.60. The van der Waals surface area contributed by atoms with Crippen molar-refractivity contribution in [2.24, 2.45) is 34.5 Å². The molecule has 1 aliphatic carbocycles. The van der Waals surface area contributed by atoms with Crippen LogP contribution >= 0.6 is 0 Å². The van der Waals surface area contributed by atoms with E-state index in [2.05, 4.69) is 38.3 Å². The summed E-state index contributed by atoms with van der Waals surface area (Å²) >= 11 is 0. The van der Waals surface area contributed by atoms with E-state index in [1.807, 2.05) is 0 Å². The van der Waals surface area contributed by atoms with E-state index in [9.17, 15) is 0 Å². The molecular weight excluding hydrogens is 244 g/mol. The molecule has 2 N–H and O–H groups in total. The van der Waals surface area contributed by atoms with Gasteiger partial charge in [-0.25, -0.2) is 0 Å². The molecule has 0 aromatic carbocycles. The van der Waals surface area contributed by atoms with Crippen molar-refractivity contribution < 1.29 is 0 Å². The predicted octanol–water partition coefficient (Wildman–Crippen LogP) is 3.28. The first-order valence-corrected chi connectivity index (χ1v) is 8.83. The molecule has 116 valence electrons. The Morgan fingerprint density at radius 2 is 1.35 bits per heavy atom. The molecule has 0 aromatic heterocycles. The summed E-state index contributed by atoms with van der Waals surface area (Å²) in [7, 11) is 0. The van der Waals surface area contributed by atoms with Gasteiger partial charge in [0.15, 0.2) is 0 Å². The van der Waals surface area contributed by atoms with Crippen LogP contribution in [0.15, 0.2) is 0 Å². The molecule has 2 heteroatoms. The third kappa shape index (κ3) is 2.78. The van der Waals surface area contributed by atoms with E-state index >= 15 is 0 Å². The van der Waals surface area contributed by atoms with Crippen LogP contribution in [-0.4, -0.2) is 26.2 Å². The molecule has 3 fully saturated rings. The zero-order chi connectivity index (χ0) is 14.4. The quantitative estimate of drug-likeness (QED) is 0.806. The Morgan fingerprint density at radius 3 is 1.95 bits per heavy atom. The molecule has 0 radical (unpaired) electrons. The van der Waals surface area contributed by atoms with E-state index in [0.717, 1.165) is 23.7 Å². The van der Waals surface area contributed by atoms with E-state index in [1.165, 1.54) is 51.9 Å². The van der Waals surface area contributed by atoms with Crippen LogP contribution in [0.1, 0.15) is 53.4 Å². The SMILES string of the molecule is CC(C)(CCC(C)(C)C1C2CNCC21)C1CCNCC1. The lowest BCUT2D eigenvalue weighted by Crippen LogP contribution is -2.36. The molecule has 2 heterocycles. The predicted molar refractivity (Wildman–Crippen MR) is 85.7 cm³/mol. The van der Waals surface area contributed by atoms with E-state index < -0.39 is 0 Å².